The quantitative estimate of drug-likeness (QED) is 0.331. The SMILES string of the molecule is COc1ccc(CCCCC(=O)Nc2nc3ccc([N+](=O)[O-])cc3s2)cc1C. The summed E-state index contributed by atoms with van der Waals surface area (Å²) < 4.78 is 5.94. The predicted molar refractivity (Wildman–Crippen MR) is 110 cm³/mol. The predicted octanol–water partition coefficient (Wildman–Crippen LogP) is 4.87. The second kappa shape index (κ2) is 8.79. The largest absolute Gasteiger partial charge is 0.496 e. The number of methoxy groups -OCH3 is 1. The van der Waals surface area contributed by atoms with Gasteiger partial charge in [0.25, 0.3) is 5.69 Å². The van der Waals surface area contributed by atoms with Crippen molar-refractivity contribution in [1.82, 2.24) is 4.98 Å². The van der Waals surface area contributed by atoms with Gasteiger partial charge in [-0.25, -0.2) is 4.98 Å². The van der Waals surface area contributed by atoms with E-state index in [1.54, 1.807) is 13.2 Å². The molecule has 7 nitrogen and oxygen atoms in total. The number of hydrogen-bond donors (Lipinski definition) is 1. The van der Waals surface area contributed by atoms with Crippen LogP contribution in [-0.4, -0.2) is 22.9 Å². The van der Waals surface area contributed by atoms with Gasteiger partial charge in [-0.15, -0.1) is 0 Å². The molecule has 28 heavy (non-hydrogen) atoms. The molecule has 3 aromatic rings. The number of benzene rings is 2. The summed E-state index contributed by atoms with van der Waals surface area (Å²) in [5, 5.41) is 14.1. The maximum atomic E-state index is 12.1. The molecule has 0 bridgehead atoms. The number of hydrogen-bond acceptors (Lipinski definition) is 6. The van der Waals surface area contributed by atoms with Crippen molar-refractivity contribution < 1.29 is 14.5 Å². The minimum atomic E-state index is -0.443. The normalized spacial score (nSPS) is 10.8. The average molecular weight is 399 g/mol. The first-order valence-electron chi connectivity index (χ1n) is 8.94. The van der Waals surface area contributed by atoms with Gasteiger partial charge in [0.15, 0.2) is 5.13 Å². The third kappa shape index (κ3) is 4.83. The number of ether oxygens (including phenoxy) is 1. The summed E-state index contributed by atoms with van der Waals surface area (Å²) in [5.74, 6) is 0.781. The van der Waals surface area contributed by atoms with E-state index in [4.69, 9.17) is 4.74 Å². The summed E-state index contributed by atoms with van der Waals surface area (Å²) in [6.07, 6.45) is 2.99. The fourth-order valence-corrected chi connectivity index (χ4v) is 3.89. The zero-order chi connectivity index (χ0) is 20.1. The molecule has 8 heteroatoms. The third-order valence-electron chi connectivity index (χ3n) is 4.41. The first-order chi connectivity index (χ1) is 13.5. The molecule has 0 unspecified atom stereocenters. The molecule has 0 aliphatic carbocycles. The highest BCUT2D eigenvalue weighted by atomic mass is 32.1. The molecule has 3 rings (SSSR count). The summed E-state index contributed by atoms with van der Waals surface area (Å²) in [5.41, 5.74) is 2.99. The van der Waals surface area contributed by atoms with E-state index >= 15 is 0 Å². The van der Waals surface area contributed by atoms with Crippen molar-refractivity contribution >= 4 is 38.3 Å². The van der Waals surface area contributed by atoms with Crippen molar-refractivity contribution in [3.05, 3.63) is 57.6 Å². The minimum absolute atomic E-state index is 0.0165. The Morgan fingerprint density at radius 1 is 1.25 bits per heavy atom. The molecule has 0 saturated carbocycles. The molecule has 0 radical (unpaired) electrons. The summed E-state index contributed by atoms with van der Waals surface area (Å²) in [4.78, 5) is 26.9. The van der Waals surface area contributed by atoms with Crippen molar-refractivity contribution in [2.75, 3.05) is 12.4 Å². The Balaban J connectivity index is 1.48. The first kappa shape index (κ1) is 19.8. The Bertz CT molecular complexity index is 1020. The standard InChI is InChI=1S/C20H21N3O4S/c1-13-11-14(7-10-17(13)27-2)5-3-4-6-19(24)22-20-21-16-9-8-15(23(25)26)12-18(16)28-20/h7-12H,3-6H2,1-2H3,(H,21,22,24). The lowest BCUT2D eigenvalue weighted by molar-refractivity contribution is -0.384. The lowest BCUT2D eigenvalue weighted by Gasteiger charge is -2.07. The van der Waals surface area contributed by atoms with Crippen LogP contribution in [0.5, 0.6) is 5.75 Å². The number of carbonyl (C=O) groups excluding carboxylic acids is 1. The monoisotopic (exact) mass is 399 g/mol. The van der Waals surface area contributed by atoms with Gasteiger partial charge in [0.05, 0.1) is 22.2 Å². The highest BCUT2D eigenvalue weighted by Crippen LogP contribution is 2.29. The van der Waals surface area contributed by atoms with E-state index < -0.39 is 4.92 Å². The van der Waals surface area contributed by atoms with Gasteiger partial charge in [-0.2, -0.15) is 0 Å². The Labute approximate surface area is 166 Å². The zero-order valence-electron chi connectivity index (χ0n) is 15.7. The van der Waals surface area contributed by atoms with E-state index in [0.717, 1.165) is 30.6 Å². The summed E-state index contributed by atoms with van der Waals surface area (Å²) in [6, 6.07) is 10.6. The molecule has 1 N–H and O–H groups in total. The number of non-ortho nitro benzene ring substituents is 1. The second-order valence-corrected chi connectivity index (χ2v) is 7.52. The first-order valence-corrected chi connectivity index (χ1v) is 9.76. The van der Waals surface area contributed by atoms with Crippen LogP contribution in [0.25, 0.3) is 10.2 Å². The number of aromatic nitrogens is 1. The van der Waals surface area contributed by atoms with E-state index in [0.29, 0.717) is 21.8 Å². The van der Waals surface area contributed by atoms with Crippen LogP contribution in [0.1, 0.15) is 30.4 Å². The molecule has 1 aromatic heterocycles. The van der Waals surface area contributed by atoms with Crippen LogP contribution in [0.4, 0.5) is 10.8 Å². The summed E-state index contributed by atoms with van der Waals surface area (Å²) >= 11 is 1.24. The number of aryl methyl sites for hydroxylation is 2. The fraction of sp³-hybridized carbons (Fsp3) is 0.300. The molecule has 0 spiro atoms. The van der Waals surface area contributed by atoms with Gasteiger partial charge >= 0.3 is 0 Å². The van der Waals surface area contributed by atoms with Gasteiger partial charge in [-0.1, -0.05) is 23.5 Å². The number of nitro groups is 1. The lowest BCUT2D eigenvalue weighted by atomic mass is 10.0. The number of carbonyl (C=O) groups is 1. The van der Waals surface area contributed by atoms with Gasteiger partial charge in [0, 0.05) is 18.6 Å². The Kier molecular flexibility index (Phi) is 6.20. The fourth-order valence-electron chi connectivity index (χ4n) is 2.97. The molecule has 146 valence electrons. The Morgan fingerprint density at radius 2 is 2.07 bits per heavy atom. The van der Waals surface area contributed by atoms with Crippen molar-refractivity contribution in [3.63, 3.8) is 0 Å². The van der Waals surface area contributed by atoms with Crippen LogP contribution < -0.4 is 10.1 Å². The zero-order valence-corrected chi connectivity index (χ0v) is 16.5. The molecule has 2 aromatic carbocycles. The van der Waals surface area contributed by atoms with Gasteiger partial charge in [-0.05, 0) is 49.4 Å². The number of nitrogens with one attached hydrogen (secondary N) is 1. The number of thiazole rings is 1. The number of rotatable bonds is 8. The molecule has 1 heterocycles. The minimum Gasteiger partial charge on any atom is -0.496 e. The summed E-state index contributed by atoms with van der Waals surface area (Å²) in [6.45, 7) is 2.02. The van der Waals surface area contributed by atoms with Crippen molar-refractivity contribution in [2.24, 2.45) is 0 Å². The molecule has 0 saturated heterocycles. The van der Waals surface area contributed by atoms with Crippen LogP contribution in [0, 0.1) is 17.0 Å². The van der Waals surface area contributed by atoms with E-state index in [2.05, 4.69) is 16.4 Å². The number of nitro benzene ring substituents is 1. The smallest absolute Gasteiger partial charge is 0.270 e. The second-order valence-electron chi connectivity index (χ2n) is 6.49. The van der Waals surface area contributed by atoms with E-state index in [9.17, 15) is 14.9 Å². The average Bonchev–Trinajstić information content (AvgIpc) is 3.06. The molecule has 1 amide bonds. The molecule has 0 fully saturated rings. The molecular formula is C20H21N3O4S. The molecule has 0 atom stereocenters. The van der Waals surface area contributed by atoms with E-state index in [-0.39, 0.29) is 11.6 Å². The van der Waals surface area contributed by atoms with Crippen LogP contribution in [-0.2, 0) is 11.2 Å². The van der Waals surface area contributed by atoms with Crippen molar-refractivity contribution in [3.8, 4) is 5.75 Å². The lowest BCUT2D eigenvalue weighted by Crippen LogP contribution is -2.10. The van der Waals surface area contributed by atoms with E-state index in [1.807, 2.05) is 19.1 Å². The van der Waals surface area contributed by atoms with Crippen LogP contribution in [0.2, 0.25) is 0 Å². The number of fused-ring (bicyclic) bond motifs is 1. The number of unbranched alkanes of at least 4 members (excludes halogenated alkanes) is 1. The highest BCUT2D eigenvalue weighted by Gasteiger charge is 2.12. The third-order valence-corrected chi connectivity index (χ3v) is 5.34. The molecule has 0 aliphatic heterocycles. The van der Waals surface area contributed by atoms with Crippen LogP contribution in [0.15, 0.2) is 36.4 Å². The molecular weight excluding hydrogens is 378 g/mol. The van der Waals surface area contributed by atoms with Gasteiger partial charge in [-0.3, -0.25) is 14.9 Å². The van der Waals surface area contributed by atoms with Crippen LogP contribution >= 0.6 is 11.3 Å². The Hall–Kier alpha value is -3.00. The maximum Gasteiger partial charge on any atom is 0.270 e. The van der Waals surface area contributed by atoms with Crippen LogP contribution in [0.3, 0.4) is 0 Å². The number of nitrogens with zero attached hydrogens (tertiary/aromatic N) is 2. The van der Waals surface area contributed by atoms with Crippen molar-refractivity contribution in [1.29, 1.82) is 0 Å². The van der Waals surface area contributed by atoms with Gasteiger partial charge in [0.2, 0.25) is 5.91 Å². The number of amides is 1. The Morgan fingerprint density at radius 3 is 2.79 bits per heavy atom. The maximum absolute atomic E-state index is 12.1. The van der Waals surface area contributed by atoms with Gasteiger partial charge in [0.1, 0.15) is 5.75 Å². The highest BCUT2D eigenvalue weighted by molar-refractivity contribution is 7.22. The van der Waals surface area contributed by atoms with Crippen molar-refractivity contribution in [2.45, 2.75) is 32.6 Å². The molecule has 0 aliphatic rings. The summed E-state index contributed by atoms with van der Waals surface area (Å²) in [7, 11) is 1.66. The topological polar surface area (TPSA) is 94.4 Å². The number of anilines is 1. The van der Waals surface area contributed by atoms with E-state index in [1.165, 1.54) is 29.0 Å². The van der Waals surface area contributed by atoms with Gasteiger partial charge < -0.3 is 10.1 Å².